The van der Waals surface area contributed by atoms with Crippen molar-refractivity contribution in [2.24, 2.45) is 0 Å². The molecule has 1 unspecified atom stereocenters. The van der Waals surface area contributed by atoms with E-state index in [9.17, 15) is 5.11 Å². The van der Waals surface area contributed by atoms with Gasteiger partial charge in [-0.15, -0.1) is 0 Å². The first-order valence-corrected chi connectivity index (χ1v) is 5.84. The van der Waals surface area contributed by atoms with E-state index in [4.69, 9.17) is 0 Å². The molecule has 2 rings (SSSR count). The van der Waals surface area contributed by atoms with Gasteiger partial charge in [0, 0.05) is 24.3 Å². The minimum absolute atomic E-state index is 0.413. The summed E-state index contributed by atoms with van der Waals surface area (Å²) in [5.41, 5.74) is 0.992. The Balaban J connectivity index is 2.28. The molecule has 0 saturated carbocycles. The van der Waals surface area contributed by atoms with Crippen molar-refractivity contribution in [1.82, 2.24) is 9.88 Å². The average Bonchev–Trinajstić information content (AvgIpc) is 2.35. The zero-order valence-electron chi connectivity index (χ0n) is 10.3. The van der Waals surface area contributed by atoms with E-state index >= 15 is 0 Å². The minimum atomic E-state index is -0.413. The molecule has 0 spiro atoms. The molecule has 0 saturated heterocycles. The van der Waals surface area contributed by atoms with E-state index in [1.807, 2.05) is 44.6 Å². The molecule has 1 heterocycles. The highest BCUT2D eigenvalue weighted by atomic mass is 16.3. The quantitative estimate of drug-likeness (QED) is 0.875. The number of pyridine rings is 1. The predicted octanol–water partition coefficient (Wildman–Crippen LogP) is 2.22. The molecule has 0 bridgehead atoms. The fourth-order valence-electron chi connectivity index (χ4n) is 1.97. The van der Waals surface area contributed by atoms with E-state index in [0.717, 1.165) is 29.3 Å². The smallest absolute Gasteiger partial charge is 0.0808 e. The zero-order valence-corrected chi connectivity index (χ0v) is 10.3. The average molecular weight is 230 g/mol. The summed E-state index contributed by atoms with van der Waals surface area (Å²) in [4.78, 5) is 6.18. The van der Waals surface area contributed by atoms with E-state index in [2.05, 4.69) is 9.88 Å². The summed E-state index contributed by atoms with van der Waals surface area (Å²) in [6.07, 6.45) is 3.93. The molecule has 0 aliphatic rings. The van der Waals surface area contributed by atoms with Gasteiger partial charge in [0.2, 0.25) is 0 Å². The van der Waals surface area contributed by atoms with Gasteiger partial charge in [0.25, 0.3) is 0 Å². The van der Waals surface area contributed by atoms with Crippen LogP contribution in [-0.4, -0.2) is 35.6 Å². The van der Waals surface area contributed by atoms with Crippen LogP contribution < -0.4 is 0 Å². The van der Waals surface area contributed by atoms with Crippen LogP contribution in [0.1, 0.15) is 18.1 Å². The molecule has 0 radical (unpaired) electrons. The summed E-state index contributed by atoms with van der Waals surface area (Å²) in [5.74, 6) is 0. The van der Waals surface area contributed by atoms with Gasteiger partial charge in [-0.25, -0.2) is 0 Å². The minimum Gasteiger partial charge on any atom is -0.388 e. The van der Waals surface area contributed by atoms with E-state index in [1.165, 1.54) is 0 Å². The molecule has 17 heavy (non-hydrogen) atoms. The number of aliphatic hydroxyl groups excluding tert-OH is 1. The van der Waals surface area contributed by atoms with Crippen LogP contribution >= 0.6 is 0 Å². The van der Waals surface area contributed by atoms with Crippen LogP contribution in [0.3, 0.4) is 0 Å². The van der Waals surface area contributed by atoms with E-state index < -0.39 is 6.10 Å². The standard InChI is InChI=1S/C14H18N2O/c1-16(2)9-7-14(17)13-5-3-4-11-10-15-8-6-12(11)13/h3-6,8,10,14,17H,7,9H2,1-2H3. The number of aromatic nitrogens is 1. The third kappa shape index (κ3) is 2.81. The first-order chi connectivity index (χ1) is 8.18. The van der Waals surface area contributed by atoms with Crippen LogP contribution in [0, 0.1) is 0 Å². The Morgan fingerprint density at radius 2 is 2.12 bits per heavy atom. The number of nitrogens with zero attached hydrogens (tertiary/aromatic N) is 2. The second-order valence-electron chi connectivity index (χ2n) is 4.55. The van der Waals surface area contributed by atoms with Crippen LogP contribution in [0.15, 0.2) is 36.7 Å². The molecular formula is C14H18N2O. The molecular weight excluding hydrogens is 212 g/mol. The van der Waals surface area contributed by atoms with Crippen molar-refractivity contribution < 1.29 is 5.11 Å². The number of aliphatic hydroxyl groups is 1. The SMILES string of the molecule is CN(C)CCC(O)c1cccc2cnccc12. The van der Waals surface area contributed by atoms with Crippen molar-refractivity contribution in [3.63, 3.8) is 0 Å². The first-order valence-electron chi connectivity index (χ1n) is 5.84. The van der Waals surface area contributed by atoms with Crippen molar-refractivity contribution in [3.8, 4) is 0 Å². The fourth-order valence-corrected chi connectivity index (χ4v) is 1.97. The van der Waals surface area contributed by atoms with E-state index in [0.29, 0.717) is 0 Å². The van der Waals surface area contributed by atoms with Crippen LogP contribution in [0.2, 0.25) is 0 Å². The molecule has 1 aromatic heterocycles. The summed E-state index contributed by atoms with van der Waals surface area (Å²) in [7, 11) is 4.03. The van der Waals surface area contributed by atoms with Crippen molar-refractivity contribution in [2.75, 3.05) is 20.6 Å². The number of fused-ring (bicyclic) bond motifs is 1. The van der Waals surface area contributed by atoms with Gasteiger partial charge in [-0.3, -0.25) is 4.98 Å². The highest BCUT2D eigenvalue weighted by Gasteiger charge is 2.11. The maximum atomic E-state index is 10.2. The van der Waals surface area contributed by atoms with Gasteiger partial charge in [-0.05, 0) is 37.5 Å². The number of rotatable bonds is 4. The van der Waals surface area contributed by atoms with Crippen molar-refractivity contribution >= 4 is 10.8 Å². The number of hydrogen-bond acceptors (Lipinski definition) is 3. The lowest BCUT2D eigenvalue weighted by atomic mass is 10.00. The maximum absolute atomic E-state index is 10.2. The molecule has 90 valence electrons. The Morgan fingerprint density at radius 3 is 2.88 bits per heavy atom. The van der Waals surface area contributed by atoms with Crippen molar-refractivity contribution in [2.45, 2.75) is 12.5 Å². The van der Waals surface area contributed by atoms with Crippen molar-refractivity contribution in [3.05, 3.63) is 42.2 Å². The molecule has 0 aliphatic carbocycles. The van der Waals surface area contributed by atoms with Crippen molar-refractivity contribution in [1.29, 1.82) is 0 Å². The van der Waals surface area contributed by atoms with Gasteiger partial charge in [-0.2, -0.15) is 0 Å². The second kappa shape index (κ2) is 5.25. The third-order valence-electron chi connectivity index (χ3n) is 2.92. The molecule has 2 aromatic rings. The normalized spacial score (nSPS) is 13.2. The van der Waals surface area contributed by atoms with Crippen LogP contribution in [-0.2, 0) is 0 Å². The summed E-state index contributed by atoms with van der Waals surface area (Å²) in [6.45, 7) is 0.878. The van der Waals surface area contributed by atoms with Gasteiger partial charge in [-0.1, -0.05) is 18.2 Å². The Labute approximate surface area is 102 Å². The third-order valence-corrected chi connectivity index (χ3v) is 2.92. The van der Waals surface area contributed by atoms with Gasteiger partial charge in [0.05, 0.1) is 6.10 Å². The first kappa shape index (κ1) is 12.0. The lowest BCUT2D eigenvalue weighted by molar-refractivity contribution is 0.155. The van der Waals surface area contributed by atoms with Gasteiger partial charge in [0.1, 0.15) is 0 Å². The summed E-state index contributed by atoms with van der Waals surface area (Å²) in [5, 5.41) is 12.4. The topological polar surface area (TPSA) is 36.4 Å². The molecule has 0 amide bonds. The number of benzene rings is 1. The highest BCUT2D eigenvalue weighted by Crippen LogP contribution is 2.25. The molecule has 3 nitrogen and oxygen atoms in total. The Hall–Kier alpha value is -1.45. The second-order valence-corrected chi connectivity index (χ2v) is 4.55. The van der Waals surface area contributed by atoms with Gasteiger partial charge >= 0.3 is 0 Å². The number of hydrogen-bond donors (Lipinski definition) is 1. The van der Waals surface area contributed by atoms with Crippen LogP contribution in [0.25, 0.3) is 10.8 Å². The summed E-state index contributed by atoms with van der Waals surface area (Å²) >= 11 is 0. The van der Waals surface area contributed by atoms with Gasteiger partial charge < -0.3 is 10.0 Å². The molecule has 3 heteroatoms. The maximum Gasteiger partial charge on any atom is 0.0808 e. The summed E-state index contributed by atoms with van der Waals surface area (Å²) < 4.78 is 0. The molecule has 1 aromatic carbocycles. The van der Waals surface area contributed by atoms with E-state index in [-0.39, 0.29) is 0 Å². The Morgan fingerprint density at radius 1 is 1.29 bits per heavy atom. The fraction of sp³-hybridized carbons (Fsp3) is 0.357. The van der Waals surface area contributed by atoms with Gasteiger partial charge in [0.15, 0.2) is 0 Å². The molecule has 1 atom stereocenters. The Kier molecular flexibility index (Phi) is 3.71. The highest BCUT2D eigenvalue weighted by molar-refractivity contribution is 5.85. The molecule has 0 fully saturated rings. The Bertz CT molecular complexity index is 491. The molecule has 0 aliphatic heterocycles. The van der Waals surface area contributed by atoms with Crippen LogP contribution in [0.5, 0.6) is 0 Å². The van der Waals surface area contributed by atoms with E-state index in [1.54, 1.807) is 6.20 Å². The van der Waals surface area contributed by atoms with Crippen LogP contribution in [0.4, 0.5) is 0 Å². The largest absolute Gasteiger partial charge is 0.388 e. The molecule has 1 N–H and O–H groups in total. The monoisotopic (exact) mass is 230 g/mol. The zero-order chi connectivity index (χ0) is 12.3. The lowest BCUT2D eigenvalue weighted by Gasteiger charge is -2.16. The predicted molar refractivity (Wildman–Crippen MR) is 69.9 cm³/mol. The lowest BCUT2D eigenvalue weighted by Crippen LogP contribution is -2.16. The summed E-state index contributed by atoms with van der Waals surface area (Å²) in [6, 6.07) is 7.94.